The maximum atomic E-state index is 13.1. The third kappa shape index (κ3) is 1.24. The van der Waals surface area contributed by atoms with E-state index in [1.807, 2.05) is 0 Å². The fourth-order valence-electron chi connectivity index (χ4n) is 1.01. The summed E-state index contributed by atoms with van der Waals surface area (Å²) in [6.07, 6.45) is 3.88. The van der Waals surface area contributed by atoms with Crippen LogP contribution in [0, 0.1) is 5.82 Å². The van der Waals surface area contributed by atoms with Crippen molar-refractivity contribution >= 4 is 5.69 Å². The van der Waals surface area contributed by atoms with Crippen LogP contribution in [0.1, 0.15) is 0 Å². The SMILES string of the molecule is Nc1cnoc1-c1ccncc1F. The molecule has 0 saturated carbocycles. The molecular weight excluding hydrogens is 173 g/mol. The zero-order valence-corrected chi connectivity index (χ0v) is 6.57. The zero-order valence-electron chi connectivity index (χ0n) is 6.57. The Kier molecular flexibility index (Phi) is 1.70. The largest absolute Gasteiger partial charge is 0.394 e. The van der Waals surface area contributed by atoms with Gasteiger partial charge in [-0.2, -0.15) is 0 Å². The molecule has 13 heavy (non-hydrogen) atoms. The van der Waals surface area contributed by atoms with E-state index in [0.717, 1.165) is 6.20 Å². The van der Waals surface area contributed by atoms with E-state index in [-0.39, 0.29) is 11.3 Å². The summed E-state index contributed by atoms with van der Waals surface area (Å²) in [5, 5.41) is 3.45. The minimum atomic E-state index is -0.481. The maximum Gasteiger partial charge on any atom is 0.192 e. The molecular formula is C8H6FN3O. The standard InChI is InChI=1S/C8H6FN3O/c9-6-3-11-2-1-5(6)8-7(10)4-12-13-8/h1-4H,10H2. The van der Waals surface area contributed by atoms with Crippen molar-refractivity contribution in [3.8, 4) is 11.3 Å². The van der Waals surface area contributed by atoms with E-state index in [0.29, 0.717) is 5.69 Å². The van der Waals surface area contributed by atoms with Crippen molar-refractivity contribution in [2.24, 2.45) is 0 Å². The molecule has 0 aliphatic carbocycles. The van der Waals surface area contributed by atoms with Crippen LogP contribution in [0.5, 0.6) is 0 Å². The second kappa shape index (κ2) is 2.85. The first-order chi connectivity index (χ1) is 6.29. The Morgan fingerprint density at radius 3 is 2.85 bits per heavy atom. The molecule has 0 aromatic carbocycles. The molecule has 0 bridgehead atoms. The van der Waals surface area contributed by atoms with Gasteiger partial charge in [0.25, 0.3) is 0 Å². The van der Waals surface area contributed by atoms with E-state index in [1.54, 1.807) is 0 Å². The summed E-state index contributed by atoms with van der Waals surface area (Å²) < 4.78 is 17.9. The van der Waals surface area contributed by atoms with Gasteiger partial charge in [0.1, 0.15) is 5.69 Å². The van der Waals surface area contributed by atoms with Gasteiger partial charge >= 0.3 is 0 Å². The molecule has 2 heterocycles. The van der Waals surface area contributed by atoms with Crippen LogP contribution in [0.15, 0.2) is 29.2 Å². The highest BCUT2D eigenvalue weighted by atomic mass is 19.1. The van der Waals surface area contributed by atoms with E-state index in [1.165, 1.54) is 18.5 Å². The first kappa shape index (κ1) is 7.72. The van der Waals surface area contributed by atoms with Crippen molar-refractivity contribution in [2.75, 3.05) is 5.73 Å². The third-order valence-electron chi connectivity index (χ3n) is 1.62. The Hall–Kier alpha value is -1.91. The molecule has 2 aromatic heterocycles. The van der Waals surface area contributed by atoms with Crippen LogP contribution in [0.3, 0.4) is 0 Å². The summed E-state index contributed by atoms with van der Waals surface area (Å²) in [4.78, 5) is 3.61. The Balaban J connectivity index is 2.59. The van der Waals surface area contributed by atoms with E-state index in [2.05, 4.69) is 10.1 Å². The number of hydrogen-bond acceptors (Lipinski definition) is 4. The van der Waals surface area contributed by atoms with Crippen molar-refractivity contribution in [3.63, 3.8) is 0 Å². The number of hydrogen-bond donors (Lipinski definition) is 1. The van der Waals surface area contributed by atoms with Gasteiger partial charge in [0, 0.05) is 6.20 Å². The number of aromatic nitrogens is 2. The molecule has 0 unspecified atom stereocenters. The van der Waals surface area contributed by atoms with Gasteiger partial charge in [-0.05, 0) is 6.07 Å². The fourth-order valence-corrected chi connectivity index (χ4v) is 1.01. The normalized spacial score (nSPS) is 10.2. The van der Waals surface area contributed by atoms with Gasteiger partial charge < -0.3 is 10.3 Å². The summed E-state index contributed by atoms with van der Waals surface area (Å²) in [7, 11) is 0. The first-order valence-electron chi connectivity index (χ1n) is 3.59. The molecule has 0 aliphatic heterocycles. The number of anilines is 1. The van der Waals surface area contributed by atoms with Gasteiger partial charge in [0.05, 0.1) is 18.0 Å². The monoisotopic (exact) mass is 179 g/mol. The molecule has 0 aliphatic rings. The molecule has 5 heteroatoms. The van der Waals surface area contributed by atoms with Gasteiger partial charge in [0.15, 0.2) is 11.6 Å². The summed E-state index contributed by atoms with van der Waals surface area (Å²) in [6.45, 7) is 0. The van der Waals surface area contributed by atoms with Crippen LogP contribution >= 0.6 is 0 Å². The highest BCUT2D eigenvalue weighted by molar-refractivity contribution is 5.69. The third-order valence-corrected chi connectivity index (χ3v) is 1.62. The van der Waals surface area contributed by atoms with Gasteiger partial charge in [-0.3, -0.25) is 4.98 Å². The molecule has 0 amide bonds. The second-order valence-corrected chi connectivity index (χ2v) is 2.47. The maximum absolute atomic E-state index is 13.1. The lowest BCUT2D eigenvalue weighted by molar-refractivity contribution is 0.430. The van der Waals surface area contributed by atoms with Crippen LogP contribution in [0.4, 0.5) is 10.1 Å². The first-order valence-corrected chi connectivity index (χ1v) is 3.59. The average Bonchev–Trinajstić information content (AvgIpc) is 2.52. The predicted octanol–water partition coefficient (Wildman–Crippen LogP) is 1.46. The molecule has 0 atom stereocenters. The van der Waals surface area contributed by atoms with Crippen molar-refractivity contribution in [1.29, 1.82) is 0 Å². The Bertz CT molecular complexity index is 427. The summed E-state index contributed by atoms with van der Waals surface area (Å²) in [5.74, 6) is -0.245. The number of nitrogens with zero attached hydrogens (tertiary/aromatic N) is 2. The molecule has 4 nitrogen and oxygen atoms in total. The Morgan fingerprint density at radius 2 is 2.23 bits per heavy atom. The van der Waals surface area contributed by atoms with Crippen molar-refractivity contribution < 1.29 is 8.91 Å². The van der Waals surface area contributed by atoms with E-state index in [9.17, 15) is 4.39 Å². The lowest BCUT2D eigenvalue weighted by Gasteiger charge is -1.97. The molecule has 0 saturated heterocycles. The van der Waals surface area contributed by atoms with E-state index in [4.69, 9.17) is 10.3 Å². The number of nitrogen functional groups attached to an aromatic ring is 1. The molecule has 2 aromatic rings. The molecule has 0 spiro atoms. The Morgan fingerprint density at radius 1 is 1.38 bits per heavy atom. The smallest absolute Gasteiger partial charge is 0.192 e. The zero-order chi connectivity index (χ0) is 9.26. The Labute approximate surface area is 73.2 Å². The van der Waals surface area contributed by atoms with Crippen LogP contribution in [-0.4, -0.2) is 10.1 Å². The molecule has 2 rings (SSSR count). The van der Waals surface area contributed by atoms with Crippen molar-refractivity contribution in [2.45, 2.75) is 0 Å². The number of rotatable bonds is 1. The lowest BCUT2D eigenvalue weighted by Crippen LogP contribution is -1.88. The van der Waals surface area contributed by atoms with Gasteiger partial charge in [0.2, 0.25) is 0 Å². The lowest BCUT2D eigenvalue weighted by atomic mass is 10.2. The van der Waals surface area contributed by atoms with Gasteiger partial charge in [-0.25, -0.2) is 4.39 Å². The minimum Gasteiger partial charge on any atom is -0.394 e. The number of halogens is 1. The van der Waals surface area contributed by atoms with Crippen LogP contribution in [-0.2, 0) is 0 Å². The minimum absolute atomic E-state index is 0.236. The number of pyridine rings is 1. The predicted molar refractivity (Wildman–Crippen MR) is 44.1 cm³/mol. The molecule has 0 radical (unpaired) electrons. The topological polar surface area (TPSA) is 64.9 Å². The quantitative estimate of drug-likeness (QED) is 0.719. The second-order valence-electron chi connectivity index (χ2n) is 2.47. The molecule has 2 N–H and O–H groups in total. The van der Waals surface area contributed by atoms with E-state index >= 15 is 0 Å². The highest BCUT2D eigenvalue weighted by Crippen LogP contribution is 2.26. The van der Waals surface area contributed by atoms with Gasteiger partial charge in [-0.15, -0.1) is 0 Å². The van der Waals surface area contributed by atoms with Crippen molar-refractivity contribution in [3.05, 3.63) is 30.5 Å². The molecule has 0 fully saturated rings. The molecule has 66 valence electrons. The van der Waals surface area contributed by atoms with E-state index < -0.39 is 5.82 Å². The van der Waals surface area contributed by atoms with Crippen LogP contribution < -0.4 is 5.73 Å². The average molecular weight is 179 g/mol. The fraction of sp³-hybridized carbons (Fsp3) is 0. The van der Waals surface area contributed by atoms with Crippen LogP contribution in [0.25, 0.3) is 11.3 Å². The highest BCUT2D eigenvalue weighted by Gasteiger charge is 2.11. The van der Waals surface area contributed by atoms with Gasteiger partial charge in [-0.1, -0.05) is 5.16 Å². The summed E-state index contributed by atoms with van der Waals surface area (Å²) in [5.41, 5.74) is 6.08. The van der Waals surface area contributed by atoms with Crippen molar-refractivity contribution in [1.82, 2.24) is 10.1 Å². The van der Waals surface area contributed by atoms with Crippen LogP contribution in [0.2, 0.25) is 0 Å². The summed E-state index contributed by atoms with van der Waals surface area (Å²) >= 11 is 0. The number of nitrogens with two attached hydrogens (primary N) is 1. The summed E-state index contributed by atoms with van der Waals surface area (Å²) in [6, 6.07) is 1.48.